The highest BCUT2D eigenvalue weighted by molar-refractivity contribution is 4.85. The molecule has 0 nitrogen and oxygen atoms in total. The second kappa shape index (κ2) is 17.1. The summed E-state index contributed by atoms with van der Waals surface area (Å²) in [6.07, 6.45) is 6.02. The molecule has 0 bridgehead atoms. The van der Waals surface area contributed by atoms with Crippen LogP contribution in [0.4, 0.5) is 0 Å². The van der Waals surface area contributed by atoms with Crippen LogP contribution in [-0.4, -0.2) is 0 Å². The van der Waals surface area contributed by atoms with E-state index < -0.39 is 0 Å². The molecule has 0 aliphatic rings. The van der Waals surface area contributed by atoms with E-state index >= 15 is 0 Å². The standard InChI is InChI=1S/C12H24.2C2H6/c1-6-9-11(7-2)12(8-3)10(4)5;2*1-2/h7,10-12H,2,6,8-9H2,1,3-5H3;2*1-2H3. The first-order valence-corrected chi connectivity index (χ1v) is 7.29. The SMILES string of the molecule is C=CC(CCC)C(CC)C(C)C.CC.CC. The molecule has 2 unspecified atom stereocenters. The first kappa shape index (κ1) is 21.1. The molecule has 0 amide bonds. The predicted octanol–water partition coefficient (Wildman–Crippen LogP) is 6.32. The second-order valence-corrected chi connectivity index (χ2v) is 4.00. The van der Waals surface area contributed by atoms with Crippen molar-refractivity contribution in [2.45, 2.75) is 74.7 Å². The lowest BCUT2D eigenvalue weighted by atomic mass is 9.79. The van der Waals surface area contributed by atoms with Gasteiger partial charge in [0, 0.05) is 0 Å². The van der Waals surface area contributed by atoms with E-state index in [1.807, 2.05) is 27.7 Å². The zero-order chi connectivity index (χ0) is 13.6. The molecule has 100 valence electrons. The van der Waals surface area contributed by atoms with Gasteiger partial charge in [-0.15, -0.1) is 6.58 Å². The molecule has 0 saturated carbocycles. The lowest BCUT2D eigenvalue weighted by molar-refractivity contribution is 0.274. The van der Waals surface area contributed by atoms with Crippen molar-refractivity contribution in [2.75, 3.05) is 0 Å². The molecule has 0 spiro atoms. The Morgan fingerprint density at radius 1 is 1.00 bits per heavy atom. The Bertz CT molecular complexity index is 113. The molecule has 2 atom stereocenters. The number of allylic oxidation sites excluding steroid dienone is 1. The van der Waals surface area contributed by atoms with Crippen molar-refractivity contribution in [3.05, 3.63) is 12.7 Å². The number of hydrogen-bond acceptors (Lipinski definition) is 0. The maximum absolute atomic E-state index is 3.93. The molecular weight excluding hydrogens is 192 g/mol. The van der Waals surface area contributed by atoms with Gasteiger partial charge in [0.15, 0.2) is 0 Å². The minimum atomic E-state index is 0.736. The van der Waals surface area contributed by atoms with Crippen LogP contribution in [0.5, 0.6) is 0 Å². The smallest absolute Gasteiger partial charge is 0.0206 e. The third kappa shape index (κ3) is 10.3. The van der Waals surface area contributed by atoms with Gasteiger partial charge in [-0.2, -0.15) is 0 Å². The molecule has 0 aromatic carbocycles. The molecule has 0 heteroatoms. The third-order valence-electron chi connectivity index (χ3n) is 2.80. The van der Waals surface area contributed by atoms with E-state index in [1.165, 1.54) is 19.3 Å². The zero-order valence-corrected chi connectivity index (χ0v) is 13.1. The van der Waals surface area contributed by atoms with Crippen LogP contribution in [0.25, 0.3) is 0 Å². The van der Waals surface area contributed by atoms with Crippen LogP contribution in [0.3, 0.4) is 0 Å². The number of rotatable bonds is 6. The van der Waals surface area contributed by atoms with E-state index in [2.05, 4.69) is 40.3 Å². The third-order valence-corrected chi connectivity index (χ3v) is 2.80. The van der Waals surface area contributed by atoms with Crippen molar-refractivity contribution >= 4 is 0 Å². The molecule has 0 aliphatic heterocycles. The van der Waals surface area contributed by atoms with Gasteiger partial charge in [0.05, 0.1) is 0 Å². The average Bonchev–Trinajstić information content (AvgIpc) is 2.33. The van der Waals surface area contributed by atoms with Gasteiger partial charge >= 0.3 is 0 Å². The van der Waals surface area contributed by atoms with E-state index in [0.29, 0.717) is 0 Å². The highest BCUT2D eigenvalue weighted by Gasteiger charge is 2.18. The lowest BCUT2D eigenvalue weighted by Gasteiger charge is -2.26. The van der Waals surface area contributed by atoms with Crippen LogP contribution >= 0.6 is 0 Å². The highest BCUT2D eigenvalue weighted by atomic mass is 14.2. The molecule has 0 fully saturated rings. The first-order valence-electron chi connectivity index (χ1n) is 7.29. The van der Waals surface area contributed by atoms with Gasteiger partial charge < -0.3 is 0 Å². The molecular formula is C16H36. The molecule has 0 aliphatic carbocycles. The Morgan fingerprint density at radius 2 is 1.44 bits per heavy atom. The van der Waals surface area contributed by atoms with E-state index in [9.17, 15) is 0 Å². The fraction of sp³-hybridized carbons (Fsp3) is 0.875. The van der Waals surface area contributed by atoms with Gasteiger partial charge in [-0.25, -0.2) is 0 Å². The maximum atomic E-state index is 3.93. The summed E-state index contributed by atoms with van der Waals surface area (Å²) in [5.41, 5.74) is 0. The fourth-order valence-electron chi connectivity index (χ4n) is 2.11. The summed E-state index contributed by atoms with van der Waals surface area (Å²) in [5, 5.41) is 0. The largest absolute Gasteiger partial charge is 0.103 e. The minimum absolute atomic E-state index is 0.736. The van der Waals surface area contributed by atoms with Gasteiger partial charge in [0.1, 0.15) is 0 Å². The van der Waals surface area contributed by atoms with Crippen molar-refractivity contribution in [2.24, 2.45) is 17.8 Å². The minimum Gasteiger partial charge on any atom is -0.103 e. The van der Waals surface area contributed by atoms with Crippen molar-refractivity contribution < 1.29 is 0 Å². The van der Waals surface area contributed by atoms with Crippen molar-refractivity contribution in [3.63, 3.8) is 0 Å². The summed E-state index contributed by atoms with van der Waals surface area (Å²) < 4.78 is 0. The van der Waals surface area contributed by atoms with Crippen LogP contribution in [0.15, 0.2) is 12.7 Å². The Kier molecular flexibility index (Phi) is 22.6. The van der Waals surface area contributed by atoms with E-state index in [1.54, 1.807) is 0 Å². The monoisotopic (exact) mass is 228 g/mol. The fourth-order valence-corrected chi connectivity index (χ4v) is 2.11. The Morgan fingerprint density at radius 3 is 1.62 bits per heavy atom. The van der Waals surface area contributed by atoms with Crippen molar-refractivity contribution in [3.8, 4) is 0 Å². The van der Waals surface area contributed by atoms with Crippen LogP contribution in [0.1, 0.15) is 74.7 Å². The van der Waals surface area contributed by atoms with Gasteiger partial charge in [0.25, 0.3) is 0 Å². The van der Waals surface area contributed by atoms with E-state index in [4.69, 9.17) is 0 Å². The molecule has 0 N–H and O–H groups in total. The molecule has 0 aromatic rings. The van der Waals surface area contributed by atoms with Crippen LogP contribution in [0, 0.1) is 17.8 Å². The van der Waals surface area contributed by atoms with Crippen LogP contribution < -0.4 is 0 Å². The summed E-state index contributed by atoms with van der Waals surface area (Å²) in [7, 11) is 0. The molecule has 0 heterocycles. The lowest BCUT2D eigenvalue weighted by Crippen LogP contribution is -2.17. The van der Waals surface area contributed by atoms with Gasteiger partial charge in [-0.05, 0) is 24.2 Å². The Hall–Kier alpha value is -0.260. The van der Waals surface area contributed by atoms with Gasteiger partial charge in [-0.3, -0.25) is 0 Å². The van der Waals surface area contributed by atoms with Crippen molar-refractivity contribution in [1.82, 2.24) is 0 Å². The second-order valence-electron chi connectivity index (χ2n) is 4.00. The first-order chi connectivity index (χ1) is 7.67. The Labute approximate surface area is 106 Å². The quantitative estimate of drug-likeness (QED) is 0.466. The van der Waals surface area contributed by atoms with Gasteiger partial charge in [-0.1, -0.05) is 74.3 Å². The average molecular weight is 228 g/mol. The molecule has 16 heavy (non-hydrogen) atoms. The van der Waals surface area contributed by atoms with E-state index in [0.717, 1.165) is 17.8 Å². The summed E-state index contributed by atoms with van der Waals surface area (Å²) in [6, 6.07) is 0. The summed E-state index contributed by atoms with van der Waals surface area (Å²) in [6.45, 7) is 21.1. The normalized spacial score (nSPS) is 12.8. The zero-order valence-electron chi connectivity index (χ0n) is 13.1. The molecule has 0 radical (unpaired) electrons. The number of hydrogen-bond donors (Lipinski definition) is 0. The van der Waals surface area contributed by atoms with Crippen LogP contribution in [0.2, 0.25) is 0 Å². The summed E-state index contributed by atoms with van der Waals surface area (Å²) in [4.78, 5) is 0. The highest BCUT2D eigenvalue weighted by Crippen LogP contribution is 2.28. The predicted molar refractivity (Wildman–Crippen MR) is 79.9 cm³/mol. The van der Waals surface area contributed by atoms with Gasteiger partial charge in [0.2, 0.25) is 0 Å². The summed E-state index contributed by atoms with van der Waals surface area (Å²) >= 11 is 0. The summed E-state index contributed by atoms with van der Waals surface area (Å²) in [5.74, 6) is 2.37. The van der Waals surface area contributed by atoms with Crippen LogP contribution in [-0.2, 0) is 0 Å². The molecule has 0 rings (SSSR count). The van der Waals surface area contributed by atoms with E-state index in [-0.39, 0.29) is 0 Å². The molecule has 0 saturated heterocycles. The Balaban J connectivity index is -0.000000376. The topological polar surface area (TPSA) is 0 Å². The van der Waals surface area contributed by atoms with Crippen molar-refractivity contribution in [1.29, 1.82) is 0 Å². The maximum Gasteiger partial charge on any atom is -0.0206 e. The molecule has 0 aromatic heterocycles.